The lowest BCUT2D eigenvalue weighted by Crippen LogP contribution is -2.37. The average Bonchev–Trinajstić information content (AvgIpc) is 2.86. The number of amides is 1. The zero-order valence-corrected chi connectivity index (χ0v) is 14.5. The molecule has 3 N–H and O–H groups in total. The summed E-state index contributed by atoms with van der Waals surface area (Å²) in [6, 6.07) is 3.04. The molecule has 1 aromatic rings. The van der Waals surface area contributed by atoms with Gasteiger partial charge in [0.25, 0.3) is 0 Å². The third-order valence-corrected chi connectivity index (χ3v) is 5.16. The average molecular weight is 366 g/mol. The number of nitrogens with zero attached hydrogens (tertiary/aromatic N) is 1. The Labute approximate surface area is 141 Å². The Hall–Kier alpha value is -1.71. The van der Waals surface area contributed by atoms with E-state index in [1.54, 1.807) is 13.8 Å². The van der Waals surface area contributed by atoms with Crippen molar-refractivity contribution in [3.63, 3.8) is 0 Å². The number of benzene rings is 1. The summed E-state index contributed by atoms with van der Waals surface area (Å²) in [6.07, 6.45) is 0. The zero-order valence-electron chi connectivity index (χ0n) is 12.9. The van der Waals surface area contributed by atoms with Crippen LogP contribution in [0.2, 0.25) is 0 Å². The second kappa shape index (κ2) is 7.71. The number of sulfonamides is 1. The van der Waals surface area contributed by atoms with Crippen LogP contribution in [0, 0.1) is 0 Å². The third kappa shape index (κ3) is 4.40. The van der Waals surface area contributed by atoms with E-state index in [0.29, 0.717) is 30.3 Å². The summed E-state index contributed by atoms with van der Waals surface area (Å²) in [5.74, 6) is -0.345. The van der Waals surface area contributed by atoms with Crippen molar-refractivity contribution in [3.05, 3.63) is 12.1 Å². The number of hydrogen-bond donors (Lipinski definition) is 2. The highest BCUT2D eigenvalue weighted by molar-refractivity contribution is 7.89. The van der Waals surface area contributed by atoms with Crippen LogP contribution in [0.5, 0.6) is 11.5 Å². The molecule has 130 valence electrons. The normalized spacial score (nSPS) is 12.8. The number of nitrogen functional groups attached to an aromatic ring is 1. The van der Waals surface area contributed by atoms with Gasteiger partial charge in [-0.1, -0.05) is 13.8 Å². The van der Waals surface area contributed by atoms with Crippen LogP contribution in [-0.2, 0) is 14.8 Å². The monoisotopic (exact) mass is 365 g/mol. The van der Waals surface area contributed by atoms with Crippen LogP contribution < -0.4 is 20.5 Å². The molecular formula is C13H20ClN3O5S. The van der Waals surface area contributed by atoms with Gasteiger partial charge in [0.05, 0.1) is 11.4 Å². The van der Waals surface area contributed by atoms with E-state index in [9.17, 15) is 13.2 Å². The van der Waals surface area contributed by atoms with Gasteiger partial charge >= 0.3 is 0 Å². The quantitative estimate of drug-likeness (QED) is 0.728. The van der Waals surface area contributed by atoms with E-state index in [1.807, 2.05) is 0 Å². The molecule has 0 aromatic heterocycles. The molecule has 10 heteroatoms. The molecule has 23 heavy (non-hydrogen) atoms. The van der Waals surface area contributed by atoms with Crippen molar-refractivity contribution in [2.24, 2.45) is 0 Å². The summed E-state index contributed by atoms with van der Waals surface area (Å²) in [7, 11) is -3.64. The highest BCUT2D eigenvalue weighted by Gasteiger charge is 2.24. The minimum absolute atomic E-state index is 0. The van der Waals surface area contributed by atoms with Crippen molar-refractivity contribution >= 4 is 39.7 Å². The van der Waals surface area contributed by atoms with Gasteiger partial charge in [-0.3, -0.25) is 4.79 Å². The van der Waals surface area contributed by atoms with Gasteiger partial charge in [0, 0.05) is 25.2 Å². The molecule has 0 saturated carbocycles. The maximum Gasteiger partial charge on any atom is 0.241 e. The van der Waals surface area contributed by atoms with E-state index in [2.05, 4.69) is 5.32 Å². The number of nitrogens with two attached hydrogens (primary N) is 1. The van der Waals surface area contributed by atoms with Gasteiger partial charge in [-0.25, -0.2) is 12.7 Å². The Morgan fingerprint density at radius 1 is 1.26 bits per heavy atom. The lowest BCUT2D eigenvalue weighted by molar-refractivity contribution is -0.113. The van der Waals surface area contributed by atoms with E-state index >= 15 is 0 Å². The number of hydrogen-bond acceptors (Lipinski definition) is 6. The molecule has 0 fully saturated rings. The Morgan fingerprint density at radius 3 is 2.39 bits per heavy atom. The molecule has 0 spiro atoms. The van der Waals surface area contributed by atoms with Crippen LogP contribution in [0.3, 0.4) is 0 Å². The fraction of sp³-hybridized carbons (Fsp3) is 0.462. The second-order valence-electron chi connectivity index (χ2n) is 4.68. The Balaban J connectivity index is 0.00000264. The van der Waals surface area contributed by atoms with E-state index in [0.717, 1.165) is 0 Å². The van der Waals surface area contributed by atoms with Crippen LogP contribution in [-0.4, -0.2) is 44.3 Å². The number of nitrogens with one attached hydrogen (secondary N) is 1. The molecule has 8 nitrogen and oxygen atoms in total. The number of ether oxygens (including phenoxy) is 2. The fourth-order valence-electron chi connectivity index (χ4n) is 2.13. The molecule has 0 radical (unpaired) electrons. The van der Waals surface area contributed by atoms with Crippen LogP contribution in [0.25, 0.3) is 0 Å². The van der Waals surface area contributed by atoms with Crippen molar-refractivity contribution in [1.29, 1.82) is 0 Å². The van der Waals surface area contributed by atoms with Gasteiger partial charge in [-0.2, -0.15) is 0 Å². The van der Waals surface area contributed by atoms with Crippen molar-refractivity contribution in [3.8, 4) is 11.5 Å². The van der Waals surface area contributed by atoms with Crippen LogP contribution in [0.15, 0.2) is 12.1 Å². The fourth-order valence-corrected chi connectivity index (χ4v) is 3.50. The SMILES string of the molecule is CCN(CC)S(=O)(=O)CC(=O)Nc1cc2c(cc1N)OCO2.Cl. The van der Waals surface area contributed by atoms with Crippen molar-refractivity contribution in [2.75, 3.05) is 36.7 Å². The molecule has 0 atom stereocenters. The number of carbonyl (C=O) groups excluding carboxylic acids is 1. The molecule has 2 rings (SSSR count). The predicted molar refractivity (Wildman–Crippen MR) is 89.6 cm³/mol. The topological polar surface area (TPSA) is 111 Å². The van der Waals surface area contributed by atoms with E-state index in [-0.39, 0.29) is 24.9 Å². The van der Waals surface area contributed by atoms with Crippen molar-refractivity contribution < 1.29 is 22.7 Å². The summed E-state index contributed by atoms with van der Waals surface area (Å²) >= 11 is 0. The highest BCUT2D eigenvalue weighted by Crippen LogP contribution is 2.38. The molecule has 0 saturated heterocycles. The van der Waals surface area contributed by atoms with Gasteiger partial charge in [0.1, 0.15) is 5.75 Å². The summed E-state index contributed by atoms with van der Waals surface area (Å²) < 4.78 is 35.7. The van der Waals surface area contributed by atoms with Crippen molar-refractivity contribution in [2.45, 2.75) is 13.8 Å². The Morgan fingerprint density at radius 2 is 1.83 bits per heavy atom. The van der Waals surface area contributed by atoms with Crippen LogP contribution in [0.1, 0.15) is 13.8 Å². The number of fused-ring (bicyclic) bond motifs is 1. The largest absolute Gasteiger partial charge is 0.454 e. The molecule has 0 bridgehead atoms. The maximum absolute atomic E-state index is 12.1. The maximum atomic E-state index is 12.1. The minimum Gasteiger partial charge on any atom is -0.454 e. The first-order valence-corrected chi connectivity index (χ1v) is 8.45. The van der Waals surface area contributed by atoms with Gasteiger partial charge in [0.2, 0.25) is 22.7 Å². The summed E-state index contributed by atoms with van der Waals surface area (Å²) in [6.45, 7) is 4.16. The first-order chi connectivity index (χ1) is 10.4. The second-order valence-corrected chi connectivity index (χ2v) is 6.65. The summed E-state index contributed by atoms with van der Waals surface area (Å²) in [5.41, 5.74) is 6.38. The standard InChI is InChI=1S/C13H19N3O5S.ClH/c1-3-16(4-2)22(18,19)7-13(17)15-10-6-12-11(5-9(10)14)20-8-21-12;/h5-6H,3-4,7-8,14H2,1-2H3,(H,15,17);1H. The van der Waals surface area contributed by atoms with Crippen molar-refractivity contribution in [1.82, 2.24) is 4.31 Å². The lowest BCUT2D eigenvalue weighted by Gasteiger charge is -2.18. The minimum atomic E-state index is -3.64. The molecule has 1 aliphatic heterocycles. The lowest BCUT2D eigenvalue weighted by atomic mass is 10.2. The van der Waals surface area contributed by atoms with Crippen LogP contribution >= 0.6 is 12.4 Å². The molecule has 1 heterocycles. The van der Waals surface area contributed by atoms with E-state index in [1.165, 1.54) is 16.4 Å². The zero-order chi connectivity index (χ0) is 16.3. The van der Waals surface area contributed by atoms with E-state index < -0.39 is 21.7 Å². The van der Waals surface area contributed by atoms with Gasteiger partial charge in [-0.05, 0) is 0 Å². The Kier molecular flexibility index (Phi) is 6.48. The molecule has 1 aliphatic rings. The van der Waals surface area contributed by atoms with Gasteiger partial charge in [0.15, 0.2) is 11.5 Å². The third-order valence-electron chi connectivity index (χ3n) is 3.23. The number of anilines is 2. The molecular weight excluding hydrogens is 346 g/mol. The molecule has 1 aromatic carbocycles. The number of halogens is 1. The van der Waals surface area contributed by atoms with Gasteiger partial charge < -0.3 is 20.5 Å². The number of rotatable bonds is 6. The summed E-state index contributed by atoms with van der Waals surface area (Å²) in [5, 5.41) is 2.49. The first kappa shape index (κ1) is 19.3. The smallest absolute Gasteiger partial charge is 0.241 e. The number of carbonyl (C=O) groups is 1. The van der Waals surface area contributed by atoms with Crippen LogP contribution in [0.4, 0.5) is 11.4 Å². The molecule has 0 unspecified atom stereocenters. The van der Waals surface area contributed by atoms with E-state index in [4.69, 9.17) is 15.2 Å². The summed E-state index contributed by atoms with van der Waals surface area (Å²) in [4.78, 5) is 12.0. The predicted octanol–water partition coefficient (Wildman–Crippen LogP) is 1.03. The highest BCUT2D eigenvalue weighted by atomic mass is 35.5. The molecule has 1 amide bonds. The van der Waals surface area contributed by atoms with Gasteiger partial charge in [-0.15, -0.1) is 12.4 Å². The Bertz CT molecular complexity index is 676. The first-order valence-electron chi connectivity index (χ1n) is 6.84. The molecule has 0 aliphatic carbocycles.